The molecule has 2 heterocycles. The van der Waals surface area contributed by atoms with Crippen molar-refractivity contribution in [2.24, 2.45) is 0 Å². The van der Waals surface area contributed by atoms with Crippen LogP contribution in [0.5, 0.6) is 0 Å². The minimum atomic E-state index is -3.23. The van der Waals surface area contributed by atoms with Gasteiger partial charge in [-0.2, -0.15) is 0 Å². The van der Waals surface area contributed by atoms with Gasteiger partial charge in [-0.15, -0.1) is 0 Å². The van der Waals surface area contributed by atoms with Gasteiger partial charge in [0.1, 0.15) is 0 Å². The Morgan fingerprint density at radius 2 is 1.50 bits per heavy atom. The number of nitrogens with zero attached hydrogens (tertiary/aromatic N) is 2. The van der Waals surface area contributed by atoms with Gasteiger partial charge in [0.05, 0.1) is 34.3 Å². The monoisotopic (exact) mass is 390 g/mol. The zero-order valence-corrected chi connectivity index (χ0v) is 16.1. The third-order valence-electron chi connectivity index (χ3n) is 5.32. The van der Waals surface area contributed by atoms with Crippen molar-refractivity contribution in [3.8, 4) is 0 Å². The molecule has 2 aliphatic heterocycles. The summed E-state index contributed by atoms with van der Waals surface area (Å²) in [5.41, 5.74) is 3.35. The summed E-state index contributed by atoms with van der Waals surface area (Å²) < 4.78 is 24.7. The van der Waals surface area contributed by atoms with Crippen molar-refractivity contribution >= 4 is 38.8 Å². The van der Waals surface area contributed by atoms with Crippen molar-refractivity contribution in [2.75, 3.05) is 21.3 Å². The molecule has 0 aromatic heterocycles. The van der Waals surface area contributed by atoms with Gasteiger partial charge in [-0.1, -0.05) is 35.9 Å². The Hall–Kier alpha value is -2.05. The highest BCUT2D eigenvalue weighted by molar-refractivity contribution is 7.91. The second-order valence-corrected chi connectivity index (χ2v) is 9.47. The molecule has 0 radical (unpaired) electrons. The molecule has 5 nitrogen and oxygen atoms in total. The molecule has 2 fully saturated rings. The standard InChI is InChI=1S/C19H19ClN2O3S/c1-12-6-5-9-15(13(12)2)21-17-10-26(24,25)11-18(17)22(19(21)23)16-8-4-3-7-14(16)20/h3-9,17-18H,10-11H2,1-2H3. The quantitative estimate of drug-likeness (QED) is 0.736. The minimum absolute atomic E-state index is 0.0300. The molecule has 0 spiro atoms. The molecule has 7 heteroatoms. The number of halogens is 1. The topological polar surface area (TPSA) is 57.7 Å². The lowest BCUT2D eigenvalue weighted by molar-refractivity contribution is 0.255. The first-order valence-electron chi connectivity index (χ1n) is 8.44. The zero-order valence-electron chi connectivity index (χ0n) is 14.5. The Bertz CT molecular complexity index is 1010. The van der Waals surface area contributed by atoms with Crippen molar-refractivity contribution in [2.45, 2.75) is 25.9 Å². The van der Waals surface area contributed by atoms with E-state index in [-0.39, 0.29) is 17.5 Å². The molecule has 0 aliphatic carbocycles. The van der Waals surface area contributed by atoms with Gasteiger partial charge >= 0.3 is 6.03 Å². The summed E-state index contributed by atoms with van der Waals surface area (Å²) in [7, 11) is -3.23. The van der Waals surface area contributed by atoms with Crippen LogP contribution in [-0.2, 0) is 9.84 Å². The van der Waals surface area contributed by atoms with Crippen LogP contribution in [0.25, 0.3) is 0 Å². The summed E-state index contributed by atoms with van der Waals surface area (Å²) in [6.45, 7) is 3.93. The van der Waals surface area contributed by atoms with Gasteiger partial charge in [0.15, 0.2) is 9.84 Å². The van der Waals surface area contributed by atoms with Crippen molar-refractivity contribution in [3.63, 3.8) is 0 Å². The number of carbonyl (C=O) groups is 1. The number of para-hydroxylation sites is 1. The van der Waals surface area contributed by atoms with Crippen molar-refractivity contribution in [1.29, 1.82) is 0 Å². The molecule has 2 amide bonds. The predicted molar refractivity (Wildman–Crippen MR) is 104 cm³/mol. The fourth-order valence-corrected chi connectivity index (χ4v) is 6.06. The van der Waals surface area contributed by atoms with Crippen LogP contribution in [-0.4, -0.2) is 38.0 Å². The maximum absolute atomic E-state index is 13.3. The lowest BCUT2D eigenvalue weighted by atomic mass is 10.1. The second-order valence-electron chi connectivity index (χ2n) is 6.90. The number of carbonyl (C=O) groups excluding carboxylic acids is 1. The van der Waals surface area contributed by atoms with Gasteiger partial charge in [-0.05, 0) is 43.2 Å². The van der Waals surface area contributed by atoms with E-state index in [9.17, 15) is 13.2 Å². The van der Waals surface area contributed by atoms with Gasteiger partial charge in [-0.25, -0.2) is 13.2 Å². The van der Waals surface area contributed by atoms with Gasteiger partial charge in [0.25, 0.3) is 0 Å². The molecule has 26 heavy (non-hydrogen) atoms. The van der Waals surface area contributed by atoms with Gasteiger partial charge in [0.2, 0.25) is 0 Å². The smallest absolute Gasteiger partial charge is 0.288 e. The Morgan fingerprint density at radius 3 is 2.15 bits per heavy atom. The van der Waals surface area contributed by atoms with Crippen LogP contribution in [0.1, 0.15) is 11.1 Å². The summed E-state index contributed by atoms with van der Waals surface area (Å²) in [5, 5.41) is 0.437. The highest BCUT2D eigenvalue weighted by Crippen LogP contribution is 2.41. The highest BCUT2D eigenvalue weighted by atomic mass is 35.5. The lowest BCUT2D eigenvalue weighted by Gasteiger charge is -2.25. The Labute approximate surface area is 158 Å². The number of sulfone groups is 1. The number of aryl methyl sites for hydroxylation is 1. The molecular weight excluding hydrogens is 372 g/mol. The molecule has 4 rings (SSSR count). The molecular formula is C19H19ClN2O3S. The van der Waals surface area contributed by atoms with E-state index in [0.717, 1.165) is 16.8 Å². The van der Waals surface area contributed by atoms with Crippen LogP contribution in [0.3, 0.4) is 0 Å². The van der Waals surface area contributed by atoms with Crippen molar-refractivity contribution < 1.29 is 13.2 Å². The molecule has 0 saturated carbocycles. The minimum Gasteiger partial charge on any atom is -0.288 e. The molecule has 2 aromatic rings. The normalized spacial score (nSPS) is 24.2. The van der Waals surface area contributed by atoms with Crippen LogP contribution in [0.2, 0.25) is 5.02 Å². The van der Waals surface area contributed by atoms with E-state index in [1.165, 1.54) is 0 Å². The fourth-order valence-electron chi connectivity index (χ4n) is 3.91. The average molecular weight is 391 g/mol. The molecule has 136 valence electrons. The van der Waals surface area contributed by atoms with E-state index < -0.39 is 21.9 Å². The summed E-state index contributed by atoms with van der Waals surface area (Å²) in [6.07, 6.45) is 0. The van der Waals surface area contributed by atoms with Crippen LogP contribution < -0.4 is 9.80 Å². The number of amides is 2. The average Bonchev–Trinajstić information content (AvgIpc) is 3.00. The summed E-state index contributed by atoms with van der Waals surface area (Å²) in [5.74, 6) is -0.0757. The Morgan fingerprint density at radius 1 is 0.923 bits per heavy atom. The largest absolute Gasteiger partial charge is 0.329 e. The van der Waals surface area contributed by atoms with Crippen molar-refractivity contribution in [1.82, 2.24) is 0 Å². The molecule has 0 bridgehead atoms. The number of hydrogen-bond donors (Lipinski definition) is 0. The first kappa shape index (κ1) is 17.4. The third kappa shape index (κ3) is 2.59. The number of rotatable bonds is 2. The van der Waals surface area contributed by atoms with E-state index in [0.29, 0.717) is 10.7 Å². The van der Waals surface area contributed by atoms with Crippen LogP contribution in [0.4, 0.5) is 16.2 Å². The molecule has 2 aromatic carbocycles. The zero-order chi connectivity index (χ0) is 18.6. The molecule has 2 atom stereocenters. The van der Waals surface area contributed by atoms with Crippen LogP contribution >= 0.6 is 11.6 Å². The number of fused-ring (bicyclic) bond motifs is 1. The summed E-state index contributed by atoms with van der Waals surface area (Å²) >= 11 is 6.32. The fraction of sp³-hybridized carbons (Fsp3) is 0.316. The summed E-state index contributed by atoms with van der Waals surface area (Å²) in [4.78, 5) is 16.5. The summed E-state index contributed by atoms with van der Waals surface area (Å²) in [6, 6.07) is 11.7. The number of anilines is 2. The van der Waals surface area contributed by atoms with E-state index in [2.05, 4.69) is 0 Å². The van der Waals surface area contributed by atoms with Crippen molar-refractivity contribution in [3.05, 3.63) is 58.6 Å². The Balaban J connectivity index is 1.87. The first-order valence-corrected chi connectivity index (χ1v) is 10.6. The maximum Gasteiger partial charge on any atom is 0.329 e. The Kier molecular flexibility index (Phi) is 4.00. The SMILES string of the molecule is Cc1cccc(N2C(=O)N(c3ccccc3Cl)C3CS(=O)(=O)CC32)c1C. The van der Waals surface area contributed by atoms with Crippen LogP contribution in [0, 0.1) is 13.8 Å². The predicted octanol–water partition coefficient (Wildman–Crippen LogP) is 3.57. The van der Waals surface area contributed by atoms with E-state index in [4.69, 9.17) is 11.6 Å². The second kappa shape index (κ2) is 5.99. The third-order valence-corrected chi connectivity index (χ3v) is 7.33. The van der Waals surface area contributed by atoms with E-state index in [1.807, 2.05) is 32.0 Å². The number of urea groups is 1. The van der Waals surface area contributed by atoms with Gasteiger partial charge in [-0.3, -0.25) is 9.80 Å². The number of hydrogen-bond acceptors (Lipinski definition) is 3. The molecule has 0 N–H and O–H groups in total. The van der Waals surface area contributed by atoms with E-state index >= 15 is 0 Å². The van der Waals surface area contributed by atoms with Crippen LogP contribution in [0.15, 0.2) is 42.5 Å². The highest BCUT2D eigenvalue weighted by Gasteiger charge is 2.55. The first-order chi connectivity index (χ1) is 12.3. The van der Waals surface area contributed by atoms with E-state index in [1.54, 1.807) is 34.1 Å². The lowest BCUT2D eigenvalue weighted by Crippen LogP contribution is -2.38. The van der Waals surface area contributed by atoms with Gasteiger partial charge in [0, 0.05) is 5.69 Å². The molecule has 2 unspecified atom stereocenters. The molecule has 2 saturated heterocycles. The molecule has 2 aliphatic rings. The van der Waals surface area contributed by atoms with Gasteiger partial charge < -0.3 is 0 Å². The maximum atomic E-state index is 13.3. The number of benzene rings is 2.